The van der Waals surface area contributed by atoms with Crippen molar-refractivity contribution in [3.63, 3.8) is 0 Å². The average molecular weight is 321 g/mol. The fourth-order valence-electron chi connectivity index (χ4n) is 3.46. The number of aromatic nitrogens is 2. The van der Waals surface area contributed by atoms with Crippen LogP contribution in [0.15, 0.2) is 12.4 Å². The number of nitrogens with zero attached hydrogens (tertiary/aromatic N) is 5. The molecule has 1 saturated heterocycles. The summed E-state index contributed by atoms with van der Waals surface area (Å²) in [6.45, 7) is 7.91. The molecule has 0 spiro atoms. The van der Waals surface area contributed by atoms with Crippen LogP contribution in [0, 0.1) is 5.92 Å². The fourth-order valence-corrected chi connectivity index (χ4v) is 3.46. The molecule has 1 aromatic rings. The summed E-state index contributed by atoms with van der Waals surface area (Å²) in [5, 5.41) is 0. The number of likely N-dealkylation sites (N-methyl/N-ethyl adjacent to an activating group) is 1. The van der Waals surface area contributed by atoms with Gasteiger partial charge in [-0.05, 0) is 7.05 Å². The van der Waals surface area contributed by atoms with Crippen LogP contribution in [0.4, 0.5) is 0 Å². The predicted molar refractivity (Wildman–Crippen MR) is 86.9 cm³/mol. The lowest BCUT2D eigenvalue weighted by Gasteiger charge is -2.35. The van der Waals surface area contributed by atoms with Gasteiger partial charge in [-0.25, -0.2) is 4.98 Å². The summed E-state index contributed by atoms with van der Waals surface area (Å²) in [5.41, 5.74) is 0. The third-order valence-electron chi connectivity index (χ3n) is 4.80. The number of hydrogen-bond donors (Lipinski definition) is 0. The Labute approximate surface area is 137 Å². The molecule has 0 N–H and O–H groups in total. The van der Waals surface area contributed by atoms with Gasteiger partial charge in [-0.1, -0.05) is 0 Å². The van der Waals surface area contributed by atoms with Crippen molar-refractivity contribution in [2.24, 2.45) is 5.92 Å². The lowest BCUT2D eigenvalue weighted by Crippen LogP contribution is -2.48. The summed E-state index contributed by atoms with van der Waals surface area (Å²) in [6.07, 6.45) is 3.85. The first-order chi connectivity index (χ1) is 11.2. The Bertz CT molecular complexity index is 524. The molecule has 2 aliphatic rings. The molecule has 1 aromatic heterocycles. The van der Waals surface area contributed by atoms with E-state index in [9.17, 15) is 4.79 Å². The van der Waals surface area contributed by atoms with Crippen molar-refractivity contribution in [2.45, 2.75) is 13.1 Å². The smallest absolute Gasteiger partial charge is 0.248 e. The number of ether oxygens (including phenoxy) is 1. The largest absolute Gasteiger partial charge is 0.375 e. The minimum absolute atomic E-state index is 0.0485. The van der Waals surface area contributed by atoms with E-state index in [1.165, 1.54) is 0 Å². The van der Waals surface area contributed by atoms with E-state index in [1.54, 1.807) is 7.11 Å². The average Bonchev–Trinajstić information content (AvgIpc) is 2.88. The van der Waals surface area contributed by atoms with Crippen LogP contribution in [-0.4, -0.2) is 90.2 Å². The standard InChI is InChI=1S/C16H27N5O2/c1-18-5-7-19(8-6-18)9-14-10-20-4-3-17-15(20)12-21(11-14)16(22)13-23-2/h3-4,14H,5-13H2,1-2H3/t14-/m1/s1. The number of carbonyl (C=O) groups excluding carboxylic acids is 1. The van der Waals surface area contributed by atoms with Gasteiger partial charge in [-0.15, -0.1) is 0 Å². The first-order valence-corrected chi connectivity index (χ1v) is 8.33. The van der Waals surface area contributed by atoms with Crippen LogP contribution in [0.5, 0.6) is 0 Å². The second kappa shape index (κ2) is 7.42. The van der Waals surface area contributed by atoms with Gasteiger partial charge < -0.3 is 24.0 Å². The van der Waals surface area contributed by atoms with Gasteiger partial charge in [-0.2, -0.15) is 0 Å². The van der Waals surface area contributed by atoms with E-state index in [1.807, 2.05) is 17.3 Å². The minimum Gasteiger partial charge on any atom is -0.375 e. The lowest BCUT2D eigenvalue weighted by molar-refractivity contribution is -0.136. The Morgan fingerprint density at radius 3 is 2.83 bits per heavy atom. The zero-order valence-electron chi connectivity index (χ0n) is 14.1. The summed E-state index contributed by atoms with van der Waals surface area (Å²) in [7, 11) is 3.74. The number of rotatable bonds is 4. The van der Waals surface area contributed by atoms with Crippen molar-refractivity contribution in [3.05, 3.63) is 18.2 Å². The fraction of sp³-hybridized carbons (Fsp3) is 0.750. The molecule has 1 amide bonds. The maximum Gasteiger partial charge on any atom is 0.248 e. The van der Waals surface area contributed by atoms with Crippen LogP contribution in [-0.2, 0) is 22.6 Å². The van der Waals surface area contributed by atoms with Crippen LogP contribution in [0.25, 0.3) is 0 Å². The van der Waals surface area contributed by atoms with Gasteiger partial charge in [0.05, 0.1) is 6.54 Å². The van der Waals surface area contributed by atoms with Crippen molar-refractivity contribution in [1.82, 2.24) is 24.3 Å². The Kier molecular flexibility index (Phi) is 5.30. The normalized spacial score (nSPS) is 23.6. The van der Waals surface area contributed by atoms with E-state index in [4.69, 9.17) is 4.74 Å². The van der Waals surface area contributed by atoms with Crippen molar-refractivity contribution in [3.8, 4) is 0 Å². The molecule has 2 aliphatic heterocycles. The van der Waals surface area contributed by atoms with Crippen LogP contribution in [0.2, 0.25) is 0 Å². The van der Waals surface area contributed by atoms with Crippen LogP contribution < -0.4 is 0 Å². The van der Waals surface area contributed by atoms with Crippen molar-refractivity contribution in [1.29, 1.82) is 0 Å². The van der Waals surface area contributed by atoms with Gasteiger partial charge in [0.1, 0.15) is 12.4 Å². The molecule has 0 bridgehead atoms. The highest BCUT2D eigenvalue weighted by atomic mass is 16.5. The first-order valence-electron chi connectivity index (χ1n) is 8.33. The van der Waals surface area contributed by atoms with Crippen molar-refractivity contribution >= 4 is 5.91 Å². The van der Waals surface area contributed by atoms with Crippen molar-refractivity contribution < 1.29 is 9.53 Å². The number of carbonyl (C=O) groups is 1. The summed E-state index contributed by atoms with van der Waals surface area (Å²) < 4.78 is 7.23. The molecule has 128 valence electrons. The molecular weight excluding hydrogens is 294 g/mol. The molecule has 1 atom stereocenters. The topological polar surface area (TPSA) is 53.8 Å². The first kappa shape index (κ1) is 16.4. The van der Waals surface area contributed by atoms with E-state index in [0.29, 0.717) is 12.5 Å². The summed E-state index contributed by atoms with van der Waals surface area (Å²) in [5.74, 6) is 1.44. The number of amides is 1. The predicted octanol–water partition coefficient (Wildman–Crippen LogP) is -0.265. The molecular formula is C16H27N5O2. The molecule has 0 aromatic carbocycles. The number of imidazole rings is 1. The van der Waals surface area contributed by atoms with E-state index in [0.717, 1.165) is 51.6 Å². The molecule has 3 heterocycles. The molecule has 7 nitrogen and oxygen atoms in total. The highest BCUT2D eigenvalue weighted by Gasteiger charge is 2.27. The van der Waals surface area contributed by atoms with Crippen molar-refractivity contribution in [2.75, 3.05) is 60.0 Å². The molecule has 0 radical (unpaired) electrons. The van der Waals surface area contributed by atoms with E-state index in [2.05, 4.69) is 26.4 Å². The van der Waals surface area contributed by atoms with Crippen LogP contribution in [0.1, 0.15) is 5.82 Å². The Hall–Kier alpha value is -1.44. The maximum absolute atomic E-state index is 12.3. The quantitative estimate of drug-likeness (QED) is 0.764. The van der Waals surface area contributed by atoms with Gasteiger partial charge >= 0.3 is 0 Å². The van der Waals surface area contributed by atoms with E-state index < -0.39 is 0 Å². The highest BCUT2D eigenvalue weighted by molar-refractivity contribution is 5.77. The monoisotopic (exact) mass is 321 g/mol. The third kappa shape index (κ3) is 4.10. The second-order valence-electron chi connectivity index (χ2n) is 6.67. The Morgan fingerprint density at radius 1 is 1.30 bits per heavy atom. The van der Waals surface area contributed by atoms with E-state index in [-0.39, 0.29) is 12.5 Å². The van der Waals surface area contributed by atoms with E-state index >= 15 is 0 Å². The SMILES string of the molecule is COCC(=O)N1Cc2nccn2C[C@@H](CN2CCN(C)CC2)C1. The maximum atomic E-state index is 12.3. The molecule has 3 rings (SSSR count). The molecule has 1 fully saturated rings. The van der Waals surface area contributed by atoms with Gasteiger partial charge in [0.25, 0.3) is 0 Å². The second-order valence-corrected chi connectivity index (χ2v) is 6.67. The van der Waals surface area contributed by atoms with Gasteiger partial charge in [0.15, 0.2) is 0 Å². The zero-order chi connectivity index (χ0) is 16.2. The van der Waals surface area contributed by atoms with Crippen LogP contribution in [0.3, 0.4) is 0 Å². The Balaban J connectivity index is 1.68. The zero-order valence-corrected chi connectivity index (χ0v) is 14.1. The molecule has 7 heteroatoms. The molecule has 0 unspecified atom stereocenters. The van der Waals surface area contributed by atoms with Gasteiger partial charge in [0, 0.05) is 71.2 Å². The van der Waals surface area contributed by atoms with Crippen LogP contribution >= 0.6 is 0 Å². The van der Waals surface area contributed by atoms with Gasteiger partial charge in [0.2, 0.25) is 5.91 Å². The number of hydrogen-bond acceptors (Lipinski definition) is 5. The number of piperazine rings is 1. The molecule has 23 heavy (non-hydrogen) atoms. The minimum atomic E-state index is 0.0485. The van der Waals surface area contributed by atoms with Gasteiger partial charge in [-0.3, -0.25) is 4.79 Å². The highest BCUT2D eigenvalue weighted by Crippen LogP contribution is 2.17. The molecule has 0 saturated carbocycles. The summed E-state index contributed by atoms with van der Waals surface area (Å²) in [4.78, 5) is 23.5. The molecule has 0 aliphatic carbocycles. The Morgan fingerprint density at radius 2 is 2.09 bits per heavy atom. The summed E-state index contributed by atoms with van der Waals surface area (Å²) >= 11 is 0. The number of fused-ring (bicyclic) bond motifs is 1. The number of methoxy groups -OCH3 is 1. The lowest BCUT2D eigenvalue weighted by atomic mass is 10.1. The third-order valence-corrected chi connectivity index (χ3v) is 4.80. The summed E-state index contributed by atoms with van der Waals surface area (Å²) in [6, 6.07) is 0.